The summed E-state index contributed by atoms with van der Waals surface area (Å²) in [4.78, 5) is 8.10. The fourth-order valence-corrected chi connectivity index (χ4v) is 2.13. The van der Waals surface area contributed by atoms with Crippen LogP contribution in [0.2, 0.25) is 5.02 Å². The Balaban J connectivity index is 2.13. The minimum absolute atomic E-state index is 0.0587. The van der Waals surface area contributed by atoms with Gasteiger partial charge in [0.05, 0.1) is 22.6 Å². The van der Waals surface area contributed by atoms with Crippen LogP contribution in [0.15, 0.2) is 36.7 Å². The maximum Gasteiger partial charge on any atom is 0.201 e. The highest BCUT2D eigenvalue weighted by Gasteiger charge is 2.12. The van der Waals surface area contributed by atoms with Crippen molar-refractivity contribution < 1.29 is 4.39 Å². The fraction of sp³-hybridized carbons (Fsp3) is 0.0769. The first-order valence-corrected chi connectivity index (χ1v) is 6.02. The van der Waals surface area contributed by atoms with Gasteiger partial charge in [-0.05, 0) is 23.8 Å². The van der Waals surface area contributed by atoms with Gasteiger partial charge >= 0.3 is 0 Å². The van der Waals surface area contributed by atoms with Crippen molar-refractivity contribution in [1.82, 2.24) is 14.5 Å². The predicted octanol–water partition coefficient (Wildman–Crippen LogP) is 2.85. The minimum atomic E-state index is -0.497. The van der Waals surface area contributed by atoms with Gasteiger partial charge in [-0.3, -0.25) is 4.98 Å². The number of hydrogen-bond acceptors (Lipinski definition) is 3. The molecule has 0 amide bonds. The lowest BCUT2D eigenvalue weighted by molar-refractivity contribution is 0.629. The van der Waals surface area contributed by atoms with Gasteiger partial charge in [0.25, 0.3) is 0 Å². The third-order valence-corrected chi connectivity index (χ3v) is 3.20. The standard InChI is InChI=1S/C13H10ClFN4/c14-9-5-12-11(6-10(9)15)18-13(16)19(12)7-8-1-3-17-4-2-8/h1-6H,7H2,(H2,16,18). The number of nitrogens with two attached hydrogens (primary N) is 1. The van der Waals surface area contributed by atoms with Gasteiger partial charge in [-0.25, -0.2) is 9.37 Å². The van der Waals surface area contributed by atoms with Gasteiger partial charge in [-0.15, -0.1) is 0 Å². The summed E-state index contributed by atoms with van der Waals surface area (Å²) in [5, 5.41) is 0.0587. The van der Waals surface area contributed by atoms with E-state index >= 15 is 0 Å². The highest BCUT2D eigenvalue weighted by Crippen LogP contribution is 2.25. The lowest BCUT2D eigenvalue weighted by Crippen LogP contribution is -2.04. The van der Waals surface area contributed by atoms with Crippen LogP contribution in [0.1, 0.15) is 5.56 Å². The number of pyridine rings is 1. The minimum Gasteiger partial charge on any atom is -0.369 e. The summed E-state index contributed by atoms with van der Waals surface area (Å²) in [5.41, 5.74) is 8.10. The Labute approximate surface area is 113 Å². The number of fused-ring (bicyclic) bond motifs is 1. The molecule has 0 fully saturated rings. The Hall–Kier alpha value is -2.14. The number of aromatic nitrogens is 3. The zero-order valence-electron chi connectivity index (χ0n) is 9.85. The monoisotopic (exact) mass is 276 g/mol. The van der Waals surface area contributed by atoms with E-state index in [0.29, 0.717) is 23.5 Å². The van der Waals surface area contributed by atoms with Crippen LogP contribution in [-0.4, -0.2) is 14.5 Å². The smallest absolute Gasteiger partial charge is 0.201 e. The maximum atomic E-state index is 13.4. The molecule has 96 valence electrons. The van der Waals surface area contributed by atoms with E-state index in [1.807, 2.05) is 12.1 Å². The van der Waals surface area contributed by atoms with E-state index in [0.717, 1.165) is 5.56 Å². The van der Waals surface area contributed by atoms with Crippen LogP contribution in [-0.2, 0) is 6.54 Å². The summed E-state index contributed by atoms with van der Waals surface area (Å²) >= 11 is 5.80. The molecule has 19 heavy (non-hydrogen) atoms. The normalized spacial score (nSPS) is 11.1. The number of imidazole rings is 1. The molecule has 0 saturated heterocycles. The molecule has 0 radical (unpaired) electrons. The fourth-order valence-electron chi connectivity index (χ4n) is 1.98. The quantitative estimate of drug-likeness (QED) is 0.783. The SMILES string of the molecule is Nc1nc2cc(F)c(Cl)cc2n1Cc1ccncc1. The van der Waals surface area contributed by atoms with E-state index in [4.69, 9.17) is 17.3 Å². The molecule has 0 saturated carbocycles. The second-order valence-corrected chi connectivity index (χ2v) is 4.57. The third kappa shape index (κ3) is 2.13. The molecule has 3 aromatic rings. The lowest BCUT2D eigenvalue weighted by Gasteiger charge is -2.06. The van der Waals surface area contributed by atoms with E-state index in [9.17, 15) is 4.39 Å². The van der Waals surface area contributed by atoms with Crippen LogP contribution in [0.25, 0.3) is 11.0 Å². The molecule has 6 heteroatoms. The van der Waals surface area contributed by atoms with E-state index in [1.165, 1.54) is 12.1 Å². The van der Waals surface area contributed by atoms with Crippen molar-refractivity contribution in [2.45, 2.75) is 6.54 Å². The molecule has 0 aliphatic heterocycles. The first-order valence-electron chi connectivity index (χ1n) is 5.65. The molecule has 2 N–H and O–H groups in total. The number of hydrogen-bond donors (Lipinski definition) is 1. The van der Waals surface area contributed by atoms with Crippen LogP contribution in [0, 0.1) is 5.82 Å². The van der Waals surface area contributed by atoms with Crippen LogP contribution >= 0.6 is 11.6 Å². The molecule has 0 aliphatic rings. The molecular weight excluding hydrogens is 267 g/mol. The van der Waals surface area contributed by atoms with Gasteiger partial charge in [-0.1, -0.05) is 11.6 Å². The molecule has 4 nitrogen and oxygen atoms in total. The molecule has 1 aromatic carbocycles. The van der Waals surface area contributed by atoms with Crippen molar-refractivity contribution in [3.8, 4) is 0 Å². The van der Waals surface area contributed by atoms with Crippen molar-refractivity contribution in [1.29, 1.82) is 0 Å². The van der Waals surface area contributed by atoms with Crippen LogP contribution < -0.4 is 5.73 Å². The number of benzene rings is 1. The summed E-state index contributed by atoms with van der Waals surface area (Å²) in [7, 11) is 0. The zero-order chi connectivity index (χ0) is 13.4. The van der Waals surface area contributed by atoms with Crippen LogP contribution in [0.5, 0.6) is 0 Å². The Morgan fingerprint density at radius 2 is 2.00 bits per heavy atom. The molecule has 0 spiro atoms. The highest BCUT2D eigenvalue weighted by atomic mass is 35.5. The van der Waals surface area contributed by atoms with E-state index in [1.54, 1.807) is 17.0 Å². The molecule has 0 bridgehead atoms. The highest BCUT2D eigenvalue weighted by molar-refractivity contribution is 6.31. The molecule has 2 aromatic heterocycles. The van der Waals surface area contributed by atoms with Gasteiger partial charge in [0, 0.05) is 18.5 Å². The van der Waals surface area contributed by atoms with Crippen LogP contribution in [0.3, 0.4) is 0 Å². The maximum absolute atomic E-state index is 13.4. The molecule has 0 atom stereocenters. The van der Waals surface area contributed by atoms with E-state index < -0.39 is 5.82 Å². The summed E-state index contributed by atoms with van der Waals surface area (Å²) < 4.78 is 15.2. The second kappa shape index (κ2) is 4.51. The average molecular weight is 277 g/mol. The summed E-state index contributed by atoms with van der Waals surface area (Å²) in [6.45, 7) is 0.535. The molecular formula is C13H10ClFN4. The second-order valence-electron chi connectivity index (χ2n) is 4.17. The van der Waals surface area contributed by atoms with E-state index in [-0.39, 0.29) is 5.02 Å². The van der Waals surface area contributed by atoms with Gasteiger partial charge in [0.2, 0.25) is 5.95 Å². The molecule has 3 rings (SSSR count). The lowest BCUT2D eigenvalue weighted by atomic mass is 10.2. The number of anilines is 1. The van der Waals surface area contributed by atoms with Crippen molar-refractivity contribution in [3.05, 3.63) is 53.1 Å². The van der Waals surface area contributed by atoms with Crippen molar-refractivity contribution in [2.24, 2.45) is 0 Å². The summed E-state index contributed by atoms with van der Waals surface area (Å²) in [5.74, 6) is -0.170. The van der Waals surface area contributed by atoms with E-state index in [2.05, 4.69) is 9.97 Å². The van der Waals surface area contributed by atoms with Gasteiger partial charge in [0.15, 0.2) is 0 Å². The summed E-state index contributed by atoms with van der Waals surface area (Å²) in [6, 6.07) is 6.60. The summed E-state index contributed by atoms with van der Waals surface area (Å²) in [6.07, 6.45) is 3.41. The Morgan fingerprint density at radius 1 is 1.26 bits per heavy atom. The number of nitrogen functional groups attached to an aromatic ring is 1. The number of rotatable bonds is 2. The Bertz CT molecular complexity index is 739. The zero-order valence-corrected chi connectivity index (χ0v) is 10.6. The Morgan fingerprint density at radius 3 is 2.74 bits per heavy atom. The largest absolute Gasteiger partial charge is 0.369 e. The van der Waals surface area contributed by atoms with Crippen molar-refractivity contribution in [2.75, 3.05) is 5.73 Å². The first-order chi connectivity index (χ1) is 9.15. The average Bonchev–Trinajstić information content (AvgIpc) is 2.68. The van der Waals surface area contributed by atoms with Gasteiger partial charge < -0.3 is 10.3 Å². The predicted molar refractivity (Wildman–Crippen MR) is 72.5 cm³/mol. The first kappa shape index (κ1) is 11.9. The molecule has 2 heterocycles. The molecule has 0 aliphatic carbocycles. The number of halogens is 2. The molecule has 0 unspecified atom stereocenters. The van der Waals surface area contributed by atoms with Gasteiger partial charge in [-0.2, -0.15) is 0 Å². The van der Waals surface area contributed by atoms with Gasteiger partial charge in [0.1, 0.15) is 5.82 Å². The third-order valence-electron chi connectivity index (χ3n) is 2.91. The van der Waals surface area contributed by atoms with Crippen LogP contribution in [0.4, 0.5) is 10.3 Å². The number of nitrogens with zero attached hydrogens (tertiary/aromatic N) is 3. The van der Waals surface area contributed by atoms with Crippen molar-refractivity contribution >= 4 is 28.6 Å². The Kier molecular flexibility index (Phi) is 2.83. The topological polar surface area (TPSA) is 56.7 Å². The van der Waals surface area contributed by atoms with Crippen molar-refractivity contribution in [3.63, 3.8) is 0 Å².